The van der Waals surface area contributed by atoms with Gasteiger partial charge in [-0.15, -0.1) is 0 Å². The van der Waals surface area contributed by atoms with Crippen LogP contribution in [0.15, 0.2) is 54.7 Å². The smallest absolute Gasteiger partial charge is 0.417 e. The summed E-state index contributed by atoms with van der Waals surface area (Å²) in [7, 11) is 0. The van der Waals surface area contributed by atoms with Gasteiger partial charge in [0.2, 0.25) is 0 Å². The summed E-state index contributed by atoms with van der Waals surface area (Å²) in [6.45, 7) is 2.85. The third-order valence-electron chi connectivity index (χ3n) is 5.17. The van der Waals surface area contributed by atoms with Crippen molar-refractivity contribution in [2.24, 2.45) is 0 Å². The molecule has 2 N–H and O–H groups in total. The molecule has 0 spiro atoms. The number of hydrogen-bond donors (Lipinski definition) is 2. The van der Waals surface area contributed by atoms with Crippen LogP contribution in [-0.2, 0) is 11.8 Å². The first kappa shape index (κ1) is 21.0. The van der Waals surface area contributed by atoms with Gasteiger partial charge in [0.1, 0.15) is 11.6 Å². The predicted molar refractivity (Wildman–Crippen MR) is 102 cm³/mol. The van der Waals surface area contributed by atoms with E-state index >= 15 is 0 Å². The van der Waals surface area contributed by atoms with Gasteiger partial charge in [0.15, 0.2) is 5.60 Å². The standard InChI is InChI=1S/C22H21F4NO2/c1-20(2,17-11-15(23)7-8-19(17)28)13-21(29,22(24,25)26)12-18-16-6-4-3-5-14(16)9-10-27-18/h3-11,28-29H,12-13H2,1-2H3. The summed E-state index contributed by atoms with van der Waals surface area (Å²) in [6.07, 6.45) is -5.12. The average Bonchev–Trinajstić information content (AvgIpc) is 2.62. The lowest BCUT2D eigenvalue weighted by Gasteiger charge is -2.38. The Hall–Kier alpha value is -2.67. The van der Waals surface area contributed by atoms with Crippen LogP contribution in [0.4, 0.5) is 17.6 Å². The Labute approximate surface area is 165 Å². The summed E-state index contributed by atoms with van der Waals surface area (Å²) in [5, 5.41) is 22.1. The molecule has 7 heteroatoms. The molecule has 2 aromatic carbocycles. The molecule has 3 nitrogen and oxygen atoms in total. The Morgan fingerprint density at radius 1 is 1.00 bits per heavy atom. The van der Waals surface area contributed by atoms with Gasteiger partial charge in [0, 0.05) is 23.6 Å². The monoisotopic (exact) mass is 407 g/mol. The van der Waals surface area contributed by atoms with Crippen molar-refractivity contribution < 1.29 is 27.8 Å². The zero-order valence-corrected chi connectivity index (χ0v) is 16.0. The summed E-state index contributed by atoms with van der Waals surface area (Å²) < 4.78 is 55.7. The average molecular weight is 407 g/mol. The van der Waals surface area contributed by atoms with Crippen molar-refractivity contribution >= 4 is 10.8 Å². The van der Waals surface area contributed by atoms with E-state index in [0.717, 1.165) is 18.2 Å². The fourth-order valence-corrected chi connectivity index (χ4v) is 3.74. The van der Waals surface area contributed by atoms with Gasteiger partial charge in [-0.2, -0.15) is 13.2 Å². The van der Waals surface area contributed by atoms with Crippen molar-refractivity contribution in [2.75, 3.05) is 0 Å². The number of pyridine rings is 1. The van der Waals surface area contributed by atoms with E-state index in [0.29, 0.717) is 10.8 Å². The number of benzene rings is 2. The van der Waals surface area contributed by atoms with E-state index < -0.39 is 35.9 Å². The van der Waals surface area contributed by atoms with Gasteiger partial charge < -0.3 is 10.2 Å². The molecule has 154 valence electrons. The lowest BCUT2D eigenvalue weighted by Crippen LogP contribution is -2.51. The highest BCUT2D eigenvalue weighted by molar-refractivity contribution is 5.84. The molecule has 0 saturated carbocycles. The molecule has 1 heterocycles. The number of phenols is 1. The van der Waals surface area contributed by atoms with Crippen molar-refractivity contribution in [1.29, 1.82) is 0 Å². The number of fused-ring (bicyclic) bond motifs is 1. The molecule has 0 aliphatic heterocycles. The maximum atomic E-state index is 14.0. The van der Waals surface area contributed by atoms with Crippen LogP contribution in [0.1, 0.15) is 31.5 Å². The number of aromatic nitrogens is 1. The number of aromatic hydroxyl groups is 1. The molecule has 3 aromatic rings. The van der Waals surface area contributed by atoms with E-state index in [2.05, 4.69) is 4.98 Å². The Balaban J connectivity index is 2.04. The van der Waals surface area contributed by atoms with Crippen LogP contribution in [-0.4, -0.2) is 27.0 Å². The summed E-state index contributed by atoms with van der Waals surface area (Å²) in [5.41, 5.74) is -4.40. The fraction of sp³-hybridized carbons (Fsp3) is 0.318. The van der Waals surface area contributed by atoms with Crippen LogP contribution in [0.25, 0.3) is 10.8 Å². The number of aliphatic hydroxyl groups is 1. The minimum absolute atomic E-state index is 0.00828. The molecule has 0 amide bonds. The Morgan fingerprint density at radius 2 is 1.69 bits per heavy atom. The molecule has 0 radical (unpaired) electrons. The van der Waals surface area contributed by atoms with Gasteiger partial charge in [-0.1, -0.05) is 38.1 Å². The van der Waals surface area contributed by atoms with Crippen LogP contribution in [0.3, 0.4) is 0 Å². The largest absolute Gasteiger partial charge is 0.508 e. The zero-order valence-electron chi connectivity index (χ0n) is 16.0. The van der Waals surface area contributed by atoms with Crippen molar-refractivity contribution in [3.63, 3.8) is 0 Å². The van der Waals surface area contributed by atoms with E-state index in [1.165, 1.54) is 20.0 Å². The topological polar surface area (TPSA) is 53.4 Å². The lowest BCUT2D eigenvalue weighted by atomic mass is 9.73. The highest BCUT2D eigenvalue weighted by Gasteiger charge is 2.56. The molecule has 29 heavy (non-hydrogen) atoms. The van der Waals surface area contributed by atoms with Gasteiger partial charge in [-0.3, -0.25) is 4.98 Å². The number of alkyl halides is 3. The van der Waals surface area contributed by atoms with Crippen LogP contribution in [0.2, 0.25) is 0 Å². The van der Waals surface area contributed by atoms with Crippen molar-refractivity contribution in [3.8, 4) is 5.75 Å². The molecule has 0 aliphatic rings. The summed E-state index contributed by atoms with van der Waals surface area (Å²) >= 11 is 0. The van der Waals surface area contributed by atoms with Gasteiger partial charge >= 0.3 is 6.18 Å². The summed E-state index contributed by atoms with van der Waals surface area (Å²) in [6, 6.07) is 11.6. The summed E-state index contributed by atoms with van der Waals surface area (Å²) in [4.78, 5) is 4.07. The van der Waals surface area contributed by atoms with Crippen LogP contribution in [0, 0.1) is 5.82 Å². The number of rotatable bonds is 5. The molecule has 0 fully saturated rings. The number of halogens is 4. The SMILES string of the molecule is CC(C)(CC(O)(Cc1nccc2ccccc12)C(F)(F)F)c1cc(F)ccc1O. The van der Waals surface area contributed by atoms with E-state index in [4.69, 9.17) is 0 Å². The molecular weight excluding hydrogens is 386 g/mol. The second-order valence-corrected chi connectivity index (χ2v) is 7.91. The maximum Gasteiger partial charge on any atom is 0.417 e. The van der Waals surface area contributed by atoms with E-state index in [9.17, 15) is 27.8 Å². The molecular formula is C22H21F4NO2. The molecule has 0 saturated heterocycles. The predicted octanol–water partition coefficient (Wildman–Crippen LogP) is 5.28. The molecule has 1 atom stereocenters. The second kappa shape index (κ2) is 7.30. The number of hydrogen-bond acceptors (Lipinski definition) is 3. The zero-order chi connectivity index (χ0) is 21.4. The Bertz CT molecular complexity index is 1030. The maximum absolute atomic E-state index is 14.0. The number of nitrogens with zero attached hydrogens (tertiary/aromatic N) is 1. The molecule has 1 aromatic heterocycles. The van der Waals surface area contributed by atoms with Gasteiger partial charge in [0.05, 0.1) is 5.69 Å². The van der Waals surface area contributed by atoms with Gasteiger partial charge in [-0.25, -0.2) is 4.39 Å². The third-order valence-corrected chi connectivity index (χ3v) is 5.17. The minimum atomic E-state index is -4.97. The first-order valence-electron chi connectivity index (χ1n) is 9.04. The molecule has 3 rings (SSSR count). The second-order valence-electron chi connectivity index (χ2n) is 7.91. The highest BCUT2D eigenvalue weighted by Crippen LogP contribution is 2.45. The van der Waals surface area contributed by atoms with E-state index in [-0.39, 0.29) is 17.0 Å². The Kier molecular flexibility index (Phi) is 5.30. The van der Waals surface area contributed by atoms with Crippen molar-refractivity contribution in [1.82, 2.24) is 4.98 Å². The minimum Gasteiger partial charge on any atom is -0.508 e. The van der Waals surface area contributed by atoms with Crippen molar-refractivity contribution in [2.45, 2.75) is 43.9 Å². The Morgan fingerprint density at radius 3 is 2.38 bits per heavy atom. The molecule has 0 bridgehead atoms. The quantitative estimate of drug-likeness (QED) is 0.566. The molecule has 0 aliphatic carbocycles. The first-order valence-corrected chi connectivity index (χ1v) is 9.04. The third kappa shape index (κ3) is 4.19. The summed E-state index contributed by atoms with van der Waals surface area (Å²) in [5.74, 6) is -1.01. The number of phenolic OH excluding ortho intramolecular Hbond substituents is 1. The van der Waals surface area contributed by atoms with Crippen molar-refractivity contribution in [3.05, 3.63) is 71.8 Å². The normalized spacial score (nSPS) is 14.7. The van der Waals surface area contributed by atoms with E-state index in [1.54, 1.807) is 30.3 Å². The highest BCUT2D eigenvalue weighted by atomic mass is 19.4. The van der Waals surface area contributed by atoms with Crippen LogP contribution >= 0.6 is 0 Å². The van der Waals surface area contributed by atoms with E-state index in [1.807, 2.05) is 0 Å². The fourth-order valence-electron chi connectivity index (χ4n) is 3.74. The van der Waals surface area contributed by atoms with Gasteiger partial charge in [-0.05, 0) is 41.5 Å². The van der Waals surface area contributed by atoms with Crippen LogP contribution < -0.4 is 0 Å². The lowest BCUT2D eigenvalue weighted by molar-refractivity contribution is -0.266. The van der Waals surface area contributed by atoms with Gasteiger partial charge in [0.25, 0.3) is 0 Å². The van der Waals surface area contributed by atoms with Crippen LogP contribution in [0.5, 0.6) is 5.75 Å². The molecule has 1 unspecified atom stereocenters. The first-order chi connectivity index (χ1) is 13.4.